The Morgan fingerprint density at radius 1 is 1.24 bits per heavy atom. The molecule has 2 aromatic rings. The lowest BCUT2D eigenvalue weighted by molar-refractivity contribution is -0.133. The van der Waals surface area contributed by atoms with Gasteiger partial charge in [0.05, 0.1) is 6.26 Å². The molecule has 0 N–H and O–H groups in total. The summed E-state index contributed by atoms with van der Waals surface area (Å²) in [5, 5.41) is 1.14. The number of aromatic nitrogens is 1. The summed E-state index contributed by atoms with van der Waals surface area (Å²) in [5.41, 5.74) is 2.14. The Labute approximate surface area is 149 Å². The number of fused-ring (bicyclic) bond motifs is 1. The molecule has 1 amide bonds. The molecule has 1 fully saturated rings. The fraction of sp³-hybridized carbons (Fsp3) is 0.500. The summed E-state index contributed by atoms with van der Waals surface area (Å²) in [6, 6.07) is 10.1. The van der Waals surface area contributed by atoms with E-state index in [1.54, 1.807) is 7.05 Å². The molecule has 0 unspecified atom stereocenters. The van der Waals surface area contributed by atoms with Crippen molar-refractivity contribution in [1.82, 2.24) is 13.8 Å². The Bertz CT molecular complexity index is 880. The maximum Gasteiger partial charge on any atom is 0.242 e. The number of carbonyl (C=O) groups excluding carboxylic acids is 1. The Morgan fingerprint density at radius 3 is 2.52 bits per heavy atom. The predicted molar refractivity (Wildman–Crippen MR) is 98.9 cm³/mol. The van der Waals surface area contributed by atoms with E-state index in [1.165, 1.54) is 10.6 Å². The monoisotopic (exact) mass is 363 g/mol. The minimum Gasteiger partial charge on any atom is -0.341 e. The van der Waals surface area contributed by atoms with Gasteiger partial charge in [0.15, 0.2) is 0 Å². The van der Waals surface area contributed by atoms with Crippen LogP contribution < -0.4 is 0 Å². The average Bonchev–Trinajstić information content (AvgIpc) is 2.89. The largest absolute Gasteiger partial charge is 0.341 e. The molecule has 0 radical (unpaired) electrons. The lowest BCUT2D eigenvalue weighted by atomic mass is 10.1. The summed E-state index contributed by atoms with van der Waals surface area (Å²) in [6.45, 7) is 3.54. The molecule has 1 aliphatic heterocycles. The number of sulfonamides is 1. The second kappa shape index (κ2) is 6.80. The van der Waals surface area contributed by atoms with Crippen molar-refractivity contribution in [2.75, 3.05) is 26.4 Å². The first-order valence-electron chi connectivity index (χ1n) is 8.53. The van der Waals surface area contributed by atoms with Crippen LogP contribution in [0, 0.1) is 6.92 Å². The standard InChI is InChI=1S/C18H25N3O3S/c1-14-12-15-6-4-5-7-17(15)21(14)13-18(22)20-10-8-16(9-11-20)19(2)25(3,23)24/h4-7,12,16H,8-11,13H2,1-3H3. The zero-order valence-corrected chi connectivity index (χ0v) is 15.8. The highest BCUT2D eigenvalue weighted by atomic mass is 32.2. The third-order valence-electron chi connectivity index (χ3n) is 5.17. The quantitative estimate of drug-likeness (QED) is 0.833. The van der Waals surface area contributed by atoms with Crippen LogP contribution in [0.25, 0.3) is 10.9 Å². The van der Waals surface area contributed by atoms with Gasteiger partial charge in [0, 0.05) is 37.4 Å². The Hall–Kier alpha value is -1.86. The van der Waals surface area contributed by atoms with Crippen molar-refractivity contribution >= 4 is 26.8 Å². The zero-order valence-electron chi connectivity index (χ0n) is 15.0. The molecule has 7 heteroatoms. The van der Waals surface area contributed by atoms with Crippen molar-refractivity contribution in [1.29, 1.82) is 0 Å². The highest BCUT2D eigenvalue weighted by molar-refractivity contribution is 7.88. The third-order valence-corrected chi connectivity index (χ3v) is 6.51. The van der Waals surface area contributed by atoms with Gasteiger partial charge in [-0.3, -0.25) is 4.79 Å². The summed E-state index contributed by atoms with van der Waals surface area (Å²) in [5.74, 6) is 0.0879. The fourth-order valence-electron chi connectivity index (χ4n) is 3.54. The van der Waals surface area contributed by atoms with Gasteiger partial charge in [0.25, 0.3) is 0 Å². The minimum absolute atomic E-state index is 0.0202. The SMILES string of the molecule is Cc1cc2ccccc2n1CC(=O)N1CCC(N(C)S(C)(=O)=O)CC1. The number of hydrogen-bond acceptors (Lipinski definition) is 3. The maximum absolute atomic E-state index is 12.7. The van der Waals surface area contributed by atoms with E-state index >= 15 is 0 Å². The number of benzene rings is 1. The lowest BCUT2D eigenvalue weighted by Gasteiger charge is -2.35. The summed E-state index contributed by atoms with van der Waals surface area (Å²) >= 11 is 0. The average molecular weight is 363 g/mol. The Morgan fingerprint density at radius 2 is 1.88 bits per heavy atom. The van der Waals surface area contributed by atoms with Crippen LogP contribution >= 0.6 is 0 Å². The first-order valence-corrected chi connectivity index (χ1v) is 10.4. The van der Waals surface area contributed by atoms with Crippen molar-refractivity contribution < 1.29 is 13.2 Å². The van der Waals surface area contributed by atoms with Crippen molar-refractivity contribution in [3.05, 3.63) is 36.0 Å². The van der Waals surface area contributed by atoms with Crippen molar-refractivity contribution in [3.8, 4) is 0 Å². The van der Waals surface area contributed by atoms with E-state index in [1.807, 2.05) is 34.6 Å². The molecule has 1 aliphatic rings. The maximum atomic E-state index is 12.7. The fourth-order valence-corrected chi connectivity index (χ4v) is 4.30. The van der Waals surface area contributed by atoms with E-state index in [9.17, 15) is 13.2 Å². The summed E-state index contributed by atoms with van der Waals surface area (Å²) < 4.78 is 26.8. The smallest absolute Gasteiger partial charge is 0.242 e. The first kappa shape index (κ1) is 17.9. The zero-order chi connectivity index (χ0) is 18.2. The van der Waals surface area contributed by atoms with Crippen LogP contribution in [0.5, 0.6) is 0 Å². The number of piperidine rings is 1. The second-order valence-corrected chi connectivity index (χ2v) is 8.86. The predicted octanol–water partition coefficient (Wildman–Crippen LogP) is 1.83. The Balaban J connectivity index is 1.66. The number of aryl methyl sites for hydroxylation is 1. The molecule has 0 saturated carbocycles. The first-order chi connectivity index (χ1) is 11.8. The van der Waals surface area contributed by atoms with E-state index in [4.69, 9.17) is 0 Å². The number of likely N-dealkylation sites (tertiary alicyclic amines) is 1. The number of rotatable bonds is 4. The summed E-state index contributed by atoms with van der Waals surface area (Å²) in [7, 11) is -1.57. The Kier molecular flexibility index (Phi) is 4.88. The number of amides is 1. The molecular weight excluding hydrogens is 338 g/mol. The van der Waals surface area contributed by atoms with Crippen molar-refractivity contribution in [3.63, 3.8) is 0 Å². The van der Waals surface area contributed by atoms with Crippen LogP contribution in [0.15, 0.2) is 30.3 Å². The van der Waals surface area contributed by atoms with Crippen LogP contribution in [0.1, 0.15) is 18.5 Å². The molecule has 3 rings (SSSR count). The van der Waals surface area contributed by atoms with E-state index in [0.29, 0.717) is 32.5 Å². The number of hydrogen-bond donors (Lipinski definition) is 0. The topological polar surface area (TPSA) is 62.6 Å². The van der Waals surface area contributed by atoms with Gasteiger partial charge in [-0.05, 0) is 37.3 Å². The molecule has 25 heavy (non-hydrogen) atoms. The molecule has 1 saturated heterocycles. The molecular formula is C18H25N3O3S. The molecule has 0 spiro atoms. The second-order valence-electron chi connectivity index (χ2n) is 6.82. The van der Waals surface area contributed by atoms with Crippen LogP contribution in [0.2, 0.25) is 0 Å². The molecule has 6 nitrogen and oxygen atoms in total. The van der Waals surface area contributed by atoms with Gasteiger partial charge in [-0.25, -0.2) is 12.7 Å². The molecule has 1 aromatic heterocycles. The molecule has 0 bridgehead atoms. The van der Waals surface area contributed by atoms with Gasteiger partial charge in [0.2, 0.25) is 15.9 Å². The van der Waals surface area contributed by atoms with Crippen LogP contribution in [-0.4, -0.2) is 60.5 Å². The summed E-state index contributed by atoms with van der Waals surface area (Å²) in [6.07, 6.45) is 2.59. The van der Waals surface area contributed by atoms with Crippen LogP contribution in [-0.2, 0) is 21.4 Å². The molecule has 136 valence electrons. The van der Waals surface area contributed by atoms with E-state index in [0.717, 1.165) is 16.6 Å². The van der Waals surface area contributed by atoms with Gasteiger partial charge >= 0.3 is 0 Å². The van der Waals surface area contributed by atoms with Gasteiger partial charge in [-0.15, -0.1) is 0 Å². The van der Waals surface area contributed by atoms with Crippen molar-refractivity contribution in [2.24, 2.45) is 0 Å². The normalized spacial score (nSPS) is 16.7. The van der Waals surface area contributed by atoms with E-state index in [2.05, 4.69) is 12.1 Å². The third kappa shape index (κ3) is 3.72. The van der Waals surface area contributed by atoms with Crippen LogP contribution in [0.3, 0.4) is 0 Å². The van der Waals surface area contributed by atoms with E-state index < -0.39 is 10.0 Å². The number of para-hydroxylation sites is 1. The highest BCUT2D eigenvalue weighted by Gasteiger charge is 2.29. The minimum atomic E-state index is -3.19. The molecule has 0 atom stereocenters. The van der Waals surface area contributed by atoms with Gasteiger partial charge < -0.3 is 9.47 Å². The molecule has 0 aliphatic carbocycles. The van der Waals surface area contributed by atoms with Crippen LogP contribution in [0.4, 0.5) is 0 Å². The lowest BCUT2D eigenvalue weighted by Crippen LogP contribution is -2.47. The van der Waals surface area contributed by atoms with Crippen molar-refractivity contribution in [2.45, 2.75) is 32.4 Å². The van der Waals surface area contributed by atoms with E-state index in [-0.39, 0.29) is 11.9 Å². The number of nitrogens with zero attached hydrogens (tertiary/aromatic N) is 3. The van der Waals surface area contributed by atoms with Gasteiger partial charge in [-0.2, -0.15) is 0 Å². The van der Waals surface area contributed by atoms with Gasteiger partial charge in [0.1, 0.15) is 6.54 Å². The number of carbonyl (C=O) groups is 1. The van der Waals surface area contributed by atoms with Gasteiger partial charge in [-0.1, -0.05) is 18.2 Å². The highest BCUT2D eigenvalue weighted by Crippen LogP contribution is 2.21. The summed E-state index contributed by atoms with van der Waals surface area (Å²) in [4.78, 5) is 14.6. The molecule has 1 aromatic carbocycles. The molecule has 2 heterocycles.